The summed E-state index contributed by atoms with van der Waals surface area (Å²) in [5, 5.41) is 8.46. The maximum atomic E-state index is 10.5. The summed E-state index contributed by atoms with van der Waals surface area (Å²) in [4.78, 5) is 20.8. The van der Waals surface area contributed by atoms with Gasteiger partial charge in [-0.2, -0.15) is 0 Å². The summed E-state index contributed by atoms with van der Waals surface area (Å²) in [7, 11) is 0. The van der Waals surface area contributed by atoms with Crippen LogP contribution in [-0.4, -0.2) is 17.4 Å². The van der Waals surface area contributed by atoms with E-state index < -0.39 is 5.97 Å². The summed E-state index contributed by atoms with van der Waals surface area (Å²) in [5.41, 5.74) is 7.67. The first-order valence-electron chi connectivity index (χ1n) is 5.19. The van der Waals surface area contributed by atoms with Crippen molar-refractivity contribution in [3.63, 3.8) is 0 Å². The van der Waals surface area contributed by atoms with Gasteiger partial charge in [-0.15, -0.1) is 0 Å². The van der Waals surface area contributed by atoms with Crippen LogP contribution in [0.4, 0.5) is 5.69 Å². The van der Waals surface area contributed by atoms with Crippen molar-refractivity contribution in [2.75, 3.05) is 5.73 Å². The molecule has 0 radical (unpaired) electrons. The van der Waals surface area contributed by atoms with Crippen molar-refractivity contribution >= 4 is 17.9 Å². The molecule has 0 aromatic heterocycles. The Morgan fingerprint density at radius 3 is 2.65 bits per heavy atom. The molecule has 17 heavy (non-hydrogen) atoms. The van der Waals surface area contributed by atoms with Gasteiger partial charge in [0.05, 0.1) is 0 Å². The number of benzene rings is 1. The molecule has 0 aliphatic rings. The minimum atomic E-state index is -0.768. The number of aliphatic carboxylic acids is 1. The Hall–Kier alpha value is -1.24. The molecule has 5 heteroatoms. The summed E-state index contributed by atoms with van der Waals surface area (Å²) in [6.07, 6.45) is 3.18. The normalized spacial score (nSPS) is 9.41. The van der Waals surface area contributed by atoms with Gasteiger partial charge in [-0.25, -0.2) is 0 Å². The van der Waals surface area contributed by atoms with Gasteiger partial charge >= 0.3 is 24.8 Å². The number of aryl methyl sites for hydroxylation is 1. The Morgan fingerprint density at radius 1 is 1.41 bits per heavy atom. The average Bonchev–Trinajstić information content (AvgIpc) is 2.24. The number of anilines is 1. The molecule has 0 saturated carbocycles. The van der Waals surface area contributed by atoms with E-state index in [1.165, 1.54) is 0 Å². The van der Waals surface area contributed by atoms with Gasteiger partial charge in [-0.1, -0.05) is 6.07 Å². The fourth-order valence-corrected chi connectivity index (χ4v) is 1.49. The number of carboxylic acid groups (broad SMARTS) is 1. The van der Waals surface area contributed by atoms with Crippen molar-refractivity contribution in [2.45, 2.75) is 25.7 Å². The van der Waals surface area contributed by atoms with Crippen molar-refractivity contribution in [1.82, 2.24) is 0 Å². The summed E-state index contributed by atoms with van der Waals surface area (Å²) < 4.78 is 0. The van der Waals surface area contributed by atoms with Gasteiger partial charge in [0.15, 0.2) is 6.29 Å². The van der Waals surface area contributed by atoms with E-state index >= 15 is 0 Å². The van der Waals surface area contributed by atoms with E-state index in [0.717, 1.165) is 24.7 Å². The summed E-state index contributed by atoms with van der Waals surface area (Å²) >= 11 is 0. The maximum Gasteiger partial charge on any atom is 1.00 e. The van der Waals surface area contributed by atoms with Crippen LogP contribution in [-0.2, 0) is 11.2 Å². The molecule has 3 N–H and O–H groups in total. The van der Waals surface area contributed by atoms with Crippen LogP contribution in [0, 0.1) is 0 Å². The van der Waals surface area contributed by atoms with Crippen LogP contribution in [0.5, 0.6) is 0 Å². The number of unbranched alkanes of at least 4 members (excludes halogenated alkanes) is 1. The fraction of sp³-hybridized carbons (Fsp3) is 0.333. The number of carbonyl (C=O) groups is 2. The molecule has 1 rings (SSSR count). The Bertz CT molecular complexity index is 399. The number of hydrogen-bond donors (Lipinski definition) is 2. The van der Waals surface area contributed by atoms with Gasteiger partial charge in [0.2, 0.25) is 0 Å². The molecule has 0 atom stereocenters. The number of aldehydes is 1. The van der Waals surface area contributed by atoms with E-state index in [1.54, 1.807) is 12.1 Å². The van der Waals surface area contributed by atoms with Crippen molar-refractivity contribution in [1.29, 1.82) is 0 Å². The minimum absolute atomic E-state index is 0. The predicted octanol–water partition coefficient (Wildman–Crippen LogP) is -1.00. The van der Waals surface area contributed by atoms with Crippen LogP contribution < -0.4 is 24.6 Å². The number of rotatable bonds is 6. The van der Waals surface area contributed by atoms with E-state index in [0.29, 0.717) is 17.7 Å². The van der Waals surface area contributed by atoms with Crippen LogP contribution in [0.3, 0.4) is 0 Å². The van der Waals surface area contributed by atoms with E-state index in [2.05, 4.69) is 0 Å². The van der Waals surface area contributed by atoms with E-state index in [9.17, 15) is 9.59 Å². The van der Waals surface area contributed by atoms with Gasteiger partial charge in [-0.05, 0) is 37.0 Å². The zero-order valence-electron chi connectivity index (χ0n) is 11.0. The van der Waals surface area contributed by atoms with Crippen molar-refractivity contribution in [2.24, 2.45) is 0 Å². The smallest absolute Gasteiger partial charge is 1.00 e. The molecule has 0 saturated heterocycles. The van der Waals surface area contributed by atoms with E-state index in [1.807, 2.05) is 6.07 Å². The van der Waals surface area contributed by atoms with Gasteiger partial charge in [0, 0.05) is 17.7 Å². The monoisotopic (exact) mass is 229 g/mol. The molecule has 4 nitrogen and oxygen atoms in total. The number of nitrogen functional groups attached to an aromatic ring is 1. The largest absolute Gasteiger partial charge is 1.00 e. The molecule has 1 aromatic rings. The molecule has 0 amide bonds. The Labute approximate surface area is 114 Å². The van der Waals surface area contributed by atoms with Crippen LogP contribution in [0.15, 0.2) is 18.2 Å². The zero-order valence-corrected chi connectivity index (χ0v) is 9.98. The number of carboxylic acids is 1. The van der Waals surface area contributed by atoms with Crippen LogP contribution in [0.25, 0.3) is 0 Å². The van der Waals surface area contributed by atoms with Gasteiger partial charge in [-0.3, -0.25) is 9.59 Å². The first kappa shape index (κ1) is 15.8. The molecule has 0 fully saturated rings. The van der Waals surface area contributed by atoms with Crippen molar-refractivity contribution < 1.29 is 35.0 Å². The van der Waals surface area contributed by atoms with Gasteiger partial charge in [0.1, 0.15) is 0 Å². The first-order chi connectivity index (χ1) is 7.63. The number of hydrogen-bond acceptors (Lipinski definition) is 3. The summed E-state index contributed by atoms with van der Waals surface area (Å²) in [6, 6.07) is 5.31. The molecule has 0 aliphatic carbocycles. The van der Waals surface area contributed by atoms with Crippen LogP contribution >= 0.6 is 0 Å². The fourth-order valence-electron chi connectivity index (χ4n) is 1.49. The molecular weight excluding hydrogens is 213 g/mol. The minimum Gasteiger partial charge on any atom is -1.00 e. The van der Waals surface area contributed by atoms with E-state index in [-0.39, 0.29) is 26.7 Å². The molecule has 0 spiro atoms. The molecule has 0 bridgehead atoms. The molecule has 0 unspecified atom stereocenters. The molecular formula is C12H16LiNO3. The quantitative estimate of drug-likeness (QED) is 0.283. The van der Waals surface area contributed by atoms with Gasteiger partial charge < -0.3 is 12.3 Å². The second-order valence-electron chi connectivity index (χ2n) is 3.68. The molecule has 0 aliphatic heterocycles. The van der Waals surface area contributed by atoms with Crippen molar-refractivity contribution in [3.8, 4) is 0 Å². The topological polar surface area (TPSA) is 80.4 Å². The van der Waals surface area contributed by atoms with E-state index in [4.69, 9.17) is 10.8 Å². The number of carbonyl (C=O) groups excluding carboxylic acids is 1. The van der Waals surface area contributed by atoms with Crippen LogP contribution in [0.2, 0.25) is 0 Å². The number of nitrogens with two attached hydrogens (primary N) is 1. The Morgan fingerprint density at radius 2 is 2.12 bits per heavy atom. The second kappa shape index (κ2) is 7.94. The average molecular weight is 229 g/mol. The van der Waals surface area contributed by atoms with Crippen LogP contribution in [0.1, 0.15) is 36.6 Å². The SMILES string of the molecule is Nc1cc(CCCCC(=O)O)ccc1C=O.[H-].[Li+]. The summed E-state index contributed by atoms with van der Waals surface area (Å²) in [6.45, 7) is 0. The Kier molecular flexibility index (Phi) is 7.36. The zero-order chi connectivity index (χ0) is 12.0. The Balaban J connectivity index is 0. The summed E-state index contributed by atoms with van der Waals surface area (Å²) in [5.74, 6) is -0.768. The first-order valence-corrected chi connectivity index (χ1v) is 5.19. The van der Waals surface area contributed by atoms with Crippen molar-refractivity contribution in [3.05, 3.63) is 29.3 Å². The predicted molar refractivity (Wildman–Crippen MR) is 62.5 cm³/mol. The third-order valence-corrected chi connectivity index (χ3v) is 2.38. The molecule has 0 heterocycles. The third kappa shape index (κ3) is 5.57. The second-order valence-corrected chi connectivity index (χ2v) is 3.68. The van der Waals surface area contributed by atoms with Gasteiger partial charge in [0.25, 0.3) is 0 Å². The standard InChI is InChI=1S/C12H15NO3.Li.H/c13-11-7-9(5-6-10(11)8-14)3-1-2-4-12(15)16;;/h5-8H,1-4,13H2,(H,15,16);;/q;+1;-1. The molecule has 1 aromatic carbocycles. The molecule has 88 valence electrons. The third-order valence-electron chi connectivity index (χ3n) is 2.38. The maximum absolute atomic E-state index is 10.5.